The lowest BCUT2D eigenvalue weighted by Gasteiger charge is -2.09. The van der Waals surface area contributed by atoms with Gasteiger partial charge in [0.25, 0.3) is 5.91 Å². The molecular weight excluding hydrogens is 257 g/mol. The predicted molar refractivity (Wildman–Crippen MR) is 75.4 cm³/mol. The number of halogens is 1. The lowest BCUT2D eigenvalue weighted by molar-refractivity contribution is 0.0954. The molecule has 0 radical (unpaired) electrons. The van der Waals surface area contributed by atoms with Gasteiger partial charge in [0.1, 0.15) is 11.6 Å². The van der Waals surface area contributed by atoms with Crippen LogP contribution in [0, 0.1) is 5.82 Å². The molecule has 0 bridgehead atoms. The molecule has 104 valence electrons. The van der Waals surface area contributed by atoms with E-state index in [0.29, 0.717) is 24.3 Å². The van der Waals surface area contributed by atoms with Crippen LogP contribution in [-0.2, 0) is 6.42 Å². The molecule has 0 aliphatic rings. The number of nitrogens with one attached hydrogen (secondary N) is 1. The quantitative estimate of drug-likeness (QED) is 0.909. The van der Waals surface area contributed by atoms with Crippen molar-refractivity contribution in [1.82, 2.24) is 5.32 Å². The Morgan fingerprint density at radius 1 is 1.20 bits per heavy atom. The Labute approximate surface area is 117 Å². The van der Waals surface area contributed by atoms with Crippen LogP contribution in [0.25, 0.3) is 0 Å². The van der Waals surface area contributed by atoms with Gasteiger partial charge >= 0.3 is 0 Å². The van der Waals surface area contributed by atoms with Crippen molar-refractivity contribution in [2.75, 3.05) is 13.7 Å². The van der Waals surface area contributed by atoms with E-state index < -0.39 is 0 Å². The van der Waals surface area contributed by atoms with E-state index in [1.165, 1.54) is 12.1 Å². The van der Waals surface area contributed by atoms with Gasteiger partial charge in [-0.2, -0.15) is 0 Å². The maximum absolute atomic E-state index is 13.2. The third-order valence-electron chi connectivity index (χ3n) is 2.96. The summed E-state index contributed by atoms with van der Waals surface area (Å²) in [6.07, 6.45) is 0.513. The second-order valence-corrected chi connectivity index (χ2v) is 4.33. The smallest absolute Gasteiger partial charge is 0.251 e. The highest BCUT2D eigenvalue weighted by Gasteiger charge is 2.07. The zero-order valence-corrected chi connectivity index (χ0v) is 11.2. The molecule has 0 heterocycles. The second-order valence-electron chi connectivity index (χ2n) is 4.33. The SMILES string of the molecule is COc1ccc(F)cc1CCNC(=O)c1ccccc1. The Hall–Kier alpha value is -2.36. The maximum atomic E-state index is 13.2. The van der Waals surface area contributed by atoms with Crippen LogP contribution in [0.15, 0.2) is 48.5 Å². The molecule has 3 nitrogen and oxygen atoms in total. The van der Waals surface area contributed by atoms with Gasteiger partial charge in [-0.25, -0.2) is 4.39 Å². The molecule has 0 atom stereocenters. The third kappa shape index (κ3) is 3.57. The van der Waals surface area contributed by atoms with Crippen molar-refractivity contribution in [2.24, 2.45) is 0 Å². The molecule has 2 aromatic rings. The molecule has 0 aromatic heterocycles. The van der Waals surface area contributed by atoms with Gasteiger partial charge in [0.05, 0.1) is 7.11 Å². The molecule has 0 aliphatic carbocycles. The van der Waals surface area contributed by atoms with Crippen LogP contribution < -0.4 is 10.1 Å². The zero-order valence-electron chi connectivity index (χ0n) is 11.2. The van der Waals surface area contributed by atoms with Crippen molar-refractivity contribution < 1.29 is 13.9 Å². The Bertz CT molecular complexity index is 584. The lowest BCUT2D eigenvalue weighted by atomic mass is 10.1. The minimum absolute atomic E-state index is 0.138. The van der Waals surface area contributed by atoms with E-state index in [0.717, 1.165) is 5.56 Å². The normalized spacial score (nSPS) is 10.1. The van der Waals surface area contributed by atoms with Crippen molar-refractivity contribution in [3.63, 3.8) is 0 Å². The topological polar surface area (TPSA) is 38.3 Å². The first-order valence-electron chi connectivity index (χ1n) is 6.36. The monoisotopic (exact) mass is 273 g/mol. The number of carbonyl (C=O) groups is 1. The highest BCUT2D eigenvalue weighted by molar-refractivity contribution is 5.94. The van der Waals surface area contributed by atoms with Gasteiger partial charge in [0.2, 0.25) is 0 Å². The van der Waals surface area contributed by atoms with E-state index in [1.54, 1.807) is 25.3 Å². The summed E-state index contributed by atoms with van der Waals surface area (Å²) in [5.74, 6) is 0.177. The van der Waals surface area contributed by atoms with Gasteiger partial charge in [0, 0.05) is 12.1 Å². The van der Waals surface area contributed by atoms with Crippen LogP contribution >= 0.6 is 0 Å². The summed E-state index contributed by atoms with van der Waals surface area (Å²) in [6, 6.07) is 13.3. The van der Waals surface area contributed by atoms with Crippen LogP contribution in [0.1, 0.15) is 15.9 Å². The van der Waals surface area contributed by atoms with Crippen LogP contribution in [0.2, 0.25) is 0 Å². The number of ether oxygens (including phenoxy) is 1. The fourth-order valence-electron chi connectivity index (χ4n) is 1.94. The van der Waals surface area contributed by atoms with Crippen molar-refractivity contribution in [3.05, 3.63) is 65.5 Å². The summed E-state index contributed by atoms with van der Waals surface area (Å²) in [7, 11) is 1.54. The molecular formula is C16H16FNO2. The van der Waals surface area contributed by atoms with Gasteiger partial charge in [-0.3, -0.25) is 4.79 Å². The first-order chi connectivity index (χ1) is 9.70. The van der Waals surface area contributed by atoms with Gasteiger partial charge in [-0.15, -0.1) is 0 Å². The first kappa shape index (κ1) is 14.1. The van der Waals surface area contributed by atoms with Crippen LogP contribution in [0.3, 0.4) is 0 Å². The van der Waals surface area contributed by atoms with Crippen molar-refractivity contribution in [1.29, 1.82) is 0 Å². The number of benzene rings is 2. The van der Waals surface area contributed by atoms with Crippen LogP contribution in [0.4, 0.5) is 4.39 Å². The number of methoxy groups -OCH3 is 1. The number of hydrogen-bond acceptors (Lipinski definition) is 2. The van der Waals surface area contributed by atoms with Gasteiger partial charge in [-0.05, 0) is 42.3 Å². The molecule has 2 rings (SSSR count). The van der Waals surface area contributed by atoms with Gasteiger partial charge in [0.15, 0.2) is 0 Å². The summed E-state index contributed by atoms with van der Waals surface area (Å²) < 4.78 is 18.4. The highest BCUT2D eigenvalue weighted by atomic mass is 19.1. The fourth-order valence-corrected chi connectivity index (χ4v) is 1.94. The molecule has 1 N–H and O–H groups in total. The minimum atomic E-state index is -0.310. The second kappa shape index (κ2) is 6.70. The van der Waals surface area contributed by atoms with Crippen LogP contribution in [0.5, 0.6) is 5.75 Å². The number of rotatable bonds is 5. The molecule has 0 unspecified atom stereocenters. The molecule has 1 amide bonds. The molecule has 0 saturated heterocycles. The highest BCUT2D eigenvalue weighted by Crippen LogP contribution is 2.19. The average molecular weight is 273 g/mol. The van der Waals surface area contributed by atoms with E-state index in [1.807, 2.05) is 18.2 Å². The number of hydrogen-bond donors (Lipinski definition) is 1. The molecule has 20 heavy (non-hydrogen) atoms. The lowest BCUT2D eigenvalue weighted by Crippen LogP contribution is -2.25. The molecule has 0 fully saturated rings. The van der Waals surface area contributed by atoms with Crippen LogP contribution in [-0.4, -0.2) is 19.6 Å². The molecule has 0 spiro atoms. The van der Waals surface area contributed by atoms with Gasteiger partial charge < -0.3 is 10.1 Å². The van der Waals surface area contributed by atoms with Crippen molar-refractivity contribution in [3.8, 4) is 5.75 Å². The van der Waals surface area contributed by atoms with Crippen molar-refractivity contribution >= 4 is 5.91 Å². The standard InChI is InChI=1S/C16H16FNO2/c1-20-15-8-7-14(17)11-13(15)9-10-18-16(19)12-5-3-2-4-6-12/h2-8,11H,9-10H2,1H3,(H,18,19). The number of amides is 1. The summed E-state index contributed by atoms with van der Waals surface area (Å²) in [5.41, 5.74) is 1.35. The van der Waals surface area contributed by atoms with E-state index in [4.69, 9.17) is 4.74 Å². The number of carbonyl (C=O) groups excluding carboxylic acids is 1. The summed E-state index contributed by atoms with van der Waals surface area (Å²) in [5, 5.41) is 2.80. The molecule has 0 aliphatic heterocycles. The summed E-state index contributed by atoms with van der Waals surface area (Å²) >= 11 is 0. The molecule has 2 aromatic carbocycles. The fraction of sp³-hybridized carbons (Fsp3) is 0.188. The zero-order chi connectivity index (χ0) is 14.4. The Balaban J connectivity index is 1.93. The maximum Gasteiger partial charge on any atom is 0.251 e. The van der Waals surface area contributed by atoms with E-state index in [2.05, 4.69) is 5.32 Å². The Kier molecular flexibility index (Phi) is 4.71. The van der Waals surface area contributed by atoms with E-state index >= 15 is 0 Å². The van der Waals surface area contributed by atoms with E-state index in [-0.39, 0.29) is 11.7 Å². The van der Waals surface area contributed by atoms with E-state index in [9.17, 15) is 9.18 Å². The Morgan fingerprint density at radius 2 is 1.95 bits per heavy atom. The summed E-state index contributed by atoms with van der Waals surface area (Å²) in [4.78, 5) is 11.8. The van der Waals surface area contributed by atoms with Crippen molar-refractivity contribution in [2.45, 2.75) is 6.42 Å². The molecule has 0 saturated carbocycles. The Morgan fingerprint density at radius 3 is 2.65 bits per heavy atom. The molecule has 4 heteroatoms. The minimum Gasteiger partial charge on any atom is -0.496 e. The third-order valence-corrected chi connectivity index (χ3v) is 2.96. The average Bonchev–Trinajstić information content (AvgIpc) is 2.48. The predicted octanol–water partition coefficient (Wildman–Crippen LogP) is 2.81. The first-order valence-corrected chi connectivity index (χ1v) is 6.36. The largest absolute Gasteiger partial charge is 0.496 e. The summed E-state index contributed by atoms with van der Waals surface area (Å²) in [6.45, 7) is 0.424. The van der Waals surface area contributed by atoms with Gasteiger partial charge in [-0.1, -0.05) is 18.2 Å².